The predicted octanol–water partition coefficient (Wildman–Crippen LogP) is 3.00. The lowest BCUT2D eigenvalue weighted by Gasteiger charge is -2.17. The zero-order valence-electron chi connectivity index (χ0n) is 18.0. The van der Waals surface area contributed by atoms with Gasteiger partial charge in [0.05, 0.1) is 17.9 Å². The SMILES string of the molecule is CN(Cc1nc(N)nc(N(C)C)n1)Cc1cn(-c2ccccc2)nc1-c1ccccc1. The summed E-state index contributed by atoms with van der Waals surface area (Å²) in [6, 6.07) is 20.4. The highest BCUT2D eigenvalue weighted by atomic mass is 15.3. The molecule has 2 heterocycles. The largest absolute Gasteiger partial charge is 0.368 e. The van der Waals surface area contributed by atoms with Gasteiger partial charge in [0, 0.05) is 38.0 Å². The fourth-order valence-corrected chi connectivity index (χ4v) is 3.36. The van der Waals surface area contributed by atoms with Gasteiger partial charge in [0.1, 0.15) is 5.82 Å². The van der Waals surface area contributed by atoms with Crippen LogP contribution in [0.3, 0.4) is 0 Å². The number of nitrogens with zero attached hydrogens (tertiary/aromatic N) is 7. The fourth-order valence-electron chi connectivity index (χ4n) is 3.36. The second-order valence-corrected chi connectivity index (χ2v) is 7.63. The third-order valence-corrected chi connectivity index (χ3v) is 4.80. The highest BCUT2D eigenvalue weighted by Crippen LogP contribution is 2.25. The van der Waals surface area contributed by atoms with E-state index in [9.17, 15) is 0 Å². The summed E-state index contributed by atoms with van der Waals surface area (Å²) in [6.45, 7) is 1.22. The number of aromatic nitrogens is 5. The van der Waals surface area contributed by atoms with Crippen LogP contribution in [-0.4, -0.2) is 50.8 Å². The first-order valence-corrected chi connectivity index (χ1v) is 10.1. The number of anilines is 2. The van der Waals surface area contributed by atoms with Crippen LogP contribution in [0.15, 0.2) is 66.9 Å². The van der Waals surface area contributed by atoms with Gasteiger partial charge in [-0.15, -0.1) is 0 Å². The van der Waals surface area contributed by atoms with E-state index in [-0.39, 0.29) is 5.95 Å². The lowest BCUT2D eigenvalue weighted by atomic mass is 10.1. The molecule has 0 aliphatic heterocycles. The molecule has 0 radical (unpaired) electrons. The molecule has 0 spiro atoms. The molecular weight excluding hydrogens is 388 g/mol. The van der Waals surface area contributed by atoms with Crippen LogP contribution in [0, 0.1) is 0 Å². The lowest BCUT2D eigenvalue weighted by molar-refractivity contribution is 0.311. The Morgan fingerprint density at radius 2 is 1.52 bits per heavy atom. The molecule has 0 amide bonds. The number of rotatable bonds is 7. The molecule has 0 aliphatic carbocycles. The van der Waals surface area contributed by atoms with Gasteiger partial charge >= 0.3 is 0 Å². The molecule has 31 heavy (non-hydrogen) atoms. The van der Waals surface area contributed by atoms with E-state index >= 15 is 0 Å². The normalized spacial score (nSPS) is 11.1. The van der Waals surface area contributed by atoms with Crippen LogP contribution in [0.25, 0.3) is 16.9 Å². The van der Waals surface area contributed by atoms with Gasteiger partial charge in [0.25, 0.3) is 0 Å². The van der Waals surface area contributed by atoms with Crippen molar-refractivity contribution < 1.29 is 0 Å². The summed E-state index contributed by atoms with van der Waals surface area (Å²) in [6.07, 6.45) is 2.08. The molecule has 0 aliphatic rings. The van der Waals surface area contributed by atoms with E-state index in [1.54, 1.807) is 0 Å². The van der Waals surface area contributed by atoms with Crippen molar-refractivity contribution in [3.63, 3.8) is 0 Å². The maximum Gasteiger partial charge on any atom is 0.229 e. The van der Waals surface area contributed by atoms with Gasteiger partial charge in [-0.1, -0.05) is 48.5 Å². The Labute approximate surface area is 182 Å². The Morgan fingerprint density at radius 3 is 2.19 bits per heavy atom. The molecular formula is C23H26N8. The molecule has 2 aromatic carbocycles. The second kappa shape index (κ2) is 8.93. The fraction of sp³-hybridized carbons (Fsp3) is 0.217. The number of para-hydroxylation sites is 1. The van der Waals surface area contributed by atoms with Gasteiger partial charge in [-0.25, -0.2) is 4.68 Å². The van der Waals surface area contributed by atoms with Gasteiger partial charge in [-0.3, -0.25) is 4.90 Å². The summed E-state index contributed by atoms with van der Waals surface area (Å²) in [5, 5.41) is 4.88. The number of hydrogen-bond acceptors (Lipinski definition) is 7. The molecule has 0 unspecified atom stereocenters. The molecule has 8 heteroatoms. The average molecular weight is 415 g/mol. The van der Waals surface area contributed by atoms with Crippen LogP contribution in [0.2, 0.25) is 0 Å². The molecule has 0 saturated carbocycles. The summed E-state index contributed by atoms with van der Waals surface area (Å²) in [5.41, 5.74) is 10.1. The summed E-state index contributed by atoms with van der Waals surface area (Å²) in [4.78, 5) is 16.9. The van der Waals surface area contributed by atoms with E-state index in [2.05, 4.69) is 38.2 Å². The molecule has 2 N–H and O–H groups in total. The van der Waals surface area contributed by atoms with Crippen molar-refractivity contribution in [2.45, 2.75) is 13.1 Å². The maximum absolute atomic E-state index is 5.87. The van der Waals surface area contributed by atoms with E-state index in [4.69, 9.17) is 10.8 Å². The van der Waals surface area contributed by atoms with Crippen molar-refractivity contribution in [2.24, 2.45) is 0 Å². The van der Waals surface area contributed by atoms with Crippen LogP contribution in [0.4, 0.5) is 11.9 Å². The van der Waals surface area contributed by atoms with Gasteiger partial charge < -0.3 is 10.6 Å². The third kappa shape index (κ3) is 4.87. The first kappa shape index (κ1) is 20.5. The topological polar surface area (TPSA) is 89.0 Å². The van der Waals surface area contributed by atoms with Gasteiger partial charge in [0.2, 0.25) is 11.9 Å². The zero-order chi connectivity index (χ0) is 21.8. The molecule has 8 nitrogen and oxygen atoms in total. The Hall–Kier alpha value is -3.78. The third-order valence-electron chi connectivity index (χ3n) is 4.80. The number of nitrogen functional groups attached to an aromatic ring is 1. The Morgan fingerprint density at radius 1 is 0.839 bits per heavy atom. The van der Waals surface area contributed by atoms with Crippen LogP contribution in [0.5, 0.6) is 0 Å². The van der Waals surface area contributed by atoms with Crippen molar-refractivity contribution in [1.29, 1.82) is 0 Å². The lowest BCUT2D eigenvalue weighted by Crippen LogP contribution is -2.22. The molecule has 0 atom stereocenters. The molecule has 4 rings (SSSR count). The quantitative estimate of drug-likeness (QED) is 0.497. The molecule has 0 fully saturated rings. The van der Waals surface area contributed by atoms with Crippen LogP contribution < -0.4 is 10.6 Å². The van der Waals surface area contributed by atoms with Crippen molar-refractivity contribution >= 4 is 11.9 Å². The minimum absolute atomic E-state index is 0.226. The molecule has 0 saturated heterocycles. The van der Waals surface area contributed by atoms with Crippen LogP contribution in [-0.2, 0) is 13.1 Å². The van der Waals surface area contributed by atoms with E-state index < -0.39 is 0 Å². The highest BCUT2D eigenvalue weighted by Gasteiger charge is 2.15. The minimum atomic E-state index is 0.226. The molecule has 4 aromatic rings. The van der Waals surface area contributed by atoms with E-state index in [1.165, 1.54) is 0 Å². The van der Waals surface area contributed by atoms with E-state index in [1.807, 2.05) is 79.3 Å². The standard InChI is InChI=1S/C23H26N8/c1-29(2)23-26-20(25-22(24)27-23)16-30(3)14-18-15-31(19-12-8-5-9-13-19)28-21(18)17-10-6-4-7-11-17/h4-13,15H,14,16H2,1-3H3,(H2,24,25,26,27). The maximum atomic E-state index is 5.87. The predicted molar refractivity (Wildman–Crippen MR) is 123 cm³/mol. The Balaban J connectivity index is 1.62. The molecule has 2 aromatic heterocycles. The smallest absolute Gasteiger partial charge is 0.229 e. The summed E-state index contributed by atoms with van der Waals surface area (Å²) >= 11 is 0. The second-order valence-electron chi connectivity index (χ2n) is 7.63. The Bertz CT molecular complexity index is 1140. The first-order valence-electron chi connectivity index (χ1n) is 10.1. The van der Waals surface area contributed by atoms with Crippen molar-refractivity contribution in [3.8, 4) is 16.9 Å². The van der Waals surface area contributed by atoms with Gasteiger partial charge in [-0.2, -0.15) is 20.1 Å². The van der Waals surface area contributed by atoms with Crippen molar-refractivity contribution in [3.05, 3.63) is 78.2 Å². The van der Waals surface area contributed by atoms with E-state index in [0.29, 0.717) is 24.9 Å². The summed E-state index contributed by atoms with van der Waals surface area (Å²) in [7, 11) is 5.79. The average Bonchev–Trinajstić information content (AvgIpc) is 3.18. The zero-order valence-corrected chi connectivity index (χ0v) is 18.0. The van der Waals surface area contributed by atoms with Crippen molar-refractivity contribution in [2.75, 3.05) is 31.8 Å². The van der Waals surface area contributed by atoms with Crippen LogP contribution >= 0.6 is 0 Å². The highest BCUT2D eigenvalue weighted by molar-refractivity contribution is 5.63. The Kier molecular flexibility index (Phi) is 5.90. The summed E-state index contributed by atoms with van der Waals surface area (Å²) < 4.78 is 1.93. The molecule has 158 valence electrons. The summed E-state index contributed by atoms with van der Waals surface area (Å²) in [5.74, 6) is 1.41. The number of nitrogens with two attached hydrogens (primary N) is 1. The molecule has 0 bridgehead atoms. The minimum Gasteiger partial charge on any atom is -0.368 e. The number of hydrogen-bond donors (Lipinski definition) is 1. The monoisotopic (exact) mass is 414 g/mol. The van der Waals surface area contributed by atoms with Crippen LogP contribution in [0.1, 0.15) is 11.4 Å². The van der Waals surface area contributed by atoms with Gasteiger partial charge in [0.15, 0.2) is 0 Å². The van der Waals surface area contributed by atoms with E-state index in [0.717, 1.165) is 22.5 Å². The van der Waals surface area contributed by atoms with Gasteiger partial charge in [-0.05, 0) is 19.2 Å². The first-order chi connectivity index (χ1) is 15.0. The van der Waals surface area contributed by atoms with Crippen molar-refractivity contribution in [1.82, 2.24) is 29.6 Å². The number of benzene rings is 2.